The van der Waals surface area contributed by atoms with Crippen LogP contribution in [0.3, 0.4) is 0 Å². The van der Waals surface area contributed by atoms with Crippen molar-refractivity contribution in [1.29, 1.82) is 0 Å². The molecule has 1 amide bonds. The zero-order valence-corrected chi connectivity index (χ0v) is 21.3. The molecule has 0 aromatic heterocycles. The Morgan fingerprint density at radius 2 is 1.34 bits per heavy atom. The van der Waals surface area contributed by atoms with Crippen LogP contribution in [0.5, 0.6) is 0 Å². The van der Waals surface area contributed by atoms with Gasteiger partial charge in [0.25, 0.3) is 0 Å². The smallest absolute Gasteiger partial charge is 0.242 e. The van der Waals surface area contributed by atoms with Crippen LogP contribution < -0.4 is 16.0 Å². The minimum absolute atomic E-state index is 0.0522. The van der Waals surface area contributed by atoms with Crippen LogP contribution in [-0.2, 0) is 4.79 Å². The van der Waals surface area contributed by atoms with Crippen molar-refractivity contribution in [2.75, 3.05) is 16.0 Å². The molecule has 0 unspecified atom stereocenters. The number of benzene rings is 4. The normalized spacial score (nSPS) is 11.4. The number of hydrogen-bond donors (Lipinski definition) is 3. The van der Waals surface area contributed by atoms with E-state index >= 15 is 0 Å². The van der Waals surface area contributed by atoms with Gasteiger partial charge >= 0.3 is 0 Å². The zero-order valence-electron chi connectivity index (χ0n) is 19.6. The molecule has 0 saturated carbocycles. The van der Waals surface area contributed by atoms with Gasteiger partial charge in [-0.15, -0.1) is 11.8 Å². The molecule has 0 aliphatic rings. The lowest BCUT2D eigenvalue weighted by Gasteiger charge is -2.18. The fourth-order valence-corrected chi connectivity index (χ4v) is 4.88. The van der Waals surface area contributed by atoms with E-state index in [2.05, 4.69) is 22.0 Å². The number of thioether (sulfide) groups is 1. The molecule has 4 aromatic rings. The Morgan fingerprint density at radius 1 is 0.743 bits per heavy atom. The lowest BCUT2D eigenvalue weighted by molar-refractivity contribution is -0.115. The Kier molecular flexibility index (Phi) is 8.19. The minimum Gasteiger partial charge on any atom is -0.332 e. The topological polar surface area (TPSA) is 53.2 Å². The molecule has 0 saturated heterocycles. The van der Waals surface area contributed by atoms with Gasteiger partial charge in [-0.05, 0) is 79.7 Å². The number of aryl methyl sites for hydroxylation is 2. The van der Waals surface area contributed by atoms with E-state index in [0.29, 0.717) is 5.11 Å². The van der Waals surface area contributed by atoms with E-state index in [-0.39, 0.29) is 5.91 Å². The summed E-state index contributed by atoms with van der Waals surface area (Å²) in [6.07, 6.45) is 0. The second-order valence-electron chi connectivity index (χ2n) is 8.19. The first-order valence-corrected chi connectivity index (χ1v) is 12.6. The van der Waals surface area contributed by atoms with Gasteiger partial charge in [-0.3, -0.25) is 4.79 Å². The van der Waals surface area contributed by atoms with Crippen molar-refractivity contribution in [1.82, 2.24) is 0 Å². The van der Waals surface area contributed by atoms with Gasteiger partial charge in [0.1, 0.15) is 5.25 Å². The van der Waals surface area contributed by atoms with Crippen molar-refractivity contribution in [3.8, 4) is 0 Å². The monoisotopic (exact) mass is 497 g/mol. The fourth-order valence-electron chi connectivity index (χ4n) is 3.62. The molecule has 176 valence electrons. The number of carbonyl (C=O) groups excluding carboxylic acids is 1. The number of carbonyl (C=O) groups is 1. The average Bonchev–Trinajstić information content (AvgIpc) is 2.86. The van der Waals surface area contributed by atoms with Crippen LogP contribution in [0, 0.1) is 13.8 Å². The van der Waals surface area contributed by atoms with Crippen LogP contribution in [0.1, 0.15) is 21.9 Å². The number of hydrogen-bond acceptors (Lipinski definition) is 3. The van der Waals surface area contributed by atoms with Gasteiger partial charge in [0.15, 0.2) is 5.11 Å². The Morgan fingerprint density at radius 3 is 1.97 bits per heavy atom. The predicted octanol–water partition coefficient (Wildman–Crippen LogP) is 7.58. The van der Waals surface area contributed by atoms with E-state index in [0.717, 1.165) is 33.1 Å². The predicted molar refractivity (Wildman–Crippen MR) is 152 cm³/mol. The van der Waals surface area contributed by atoms with Crippen LogP contribution >= 0.6 is 24.0 Å². The van der Waals surface area contributed by atoms with Crippen molar-refractivity contribution in [3.63, 3.8) is 0 Å². The molecule has 0 bridgehead atoms. The summed E-state index contributed by atoms with van der Waals surface area (Å²) in [7, 11) is 0. The maximum absolute atomic E-state index is 13.4. The molecule has 35 heavy (non-hydrogen) atoms. The number of rotatable bonds is 7. The molecule has 6 heteroatoms. The maximum atomic E-state index is 13.4. The zero-order chi connectivity index (χ0) is 24.6. The molecular formula is C29H27N3OS2. The summed E-state index contributed by atoms with van der Waals surface area (Å²) < 4.78 is 0. The number of thiocarbonyl (C=S) groups is 1. The van der Waals surface area contributed by atoms with Gasteiger partial charge in [0, 0.05) is 22.0 Å². The first-order valence-electron chi connectivity index (χ1n) is 11.3. The number of para-hydroxylation sites is 1. The maximum Gasteiger partial charge on any atom is 0.242 e. The highest BCUT2D eigenvalue weighted by molar-refractivity contribution is 8.00. The minimum atomic E-state index is -0.392. The molecule has 0 radical (unpaired) electrons. The molecule has 0 heterocycles. The number of amides is 1. The Labute approximate surface area is 216 Å². The van der Waals surface area contributed by atoms with Crippen LogP contribution in [0.15, 0.2) is 108 Å². The quantitative estimate of drug-likeness (QED) is 0.181. The van der Waals surface area contributed by atoms with Gasteiger partial charge in [-0.2, -0.15) is 0 Å². The Hall–Kier alpha value is -3.61. The lowest BCUT2D eigenvalue weighted by Crippen LogP contribution is -2.19. The molecule has 1 atom stereocenters. The highest BCUT2D eigenvalue weighted by Gasteiger charge is 2.22. The van der Waals surface area contributed by atoms with Gasteiger partial charge < -0.3 is 16.0 Å². The molecule has 0 aliphatic carbocycles. The van der Waals surface area contributed by atoms with Gasteiger partial charge in [-0.1, -0.05) is 66.2 Å². The third-order valence-electron chi connectivity index (χ3n) is 5.38. The third-order valence-corrected chi connectivity index (χ3v) is 6.85. The molecule has 0 fully saturated rings. The molecular weight excluding hydrogens is 470 g/mol. The second-order valence-corrected chi connectivity index (χ2v) is 9.77. The van der Waals surface area contributed by atoms with Crippen molar-refractivity contribution in [3.05, 3.63) is 120 Å². The van der Waals surface area contributed by atoms with E-state index in [9.17, 15) is 4.79 Å². The van der Waals surface area contributed by atoms with Crippen molar-refractivity contribution >= 4 is 52.1 Å². The van der Waals surface area contributed by atoms with E-state index in [1.165, 1.54) is 17.3 Å². The average molecular weight is 498 g/mol. The Balaban J connectivity index is 1.46. The molecule has 4 rings (SSSR count). The van der Waals surface area contributed by atoms with Crippen LogP contribution in [-0.4, -0.2) is 11.0 Å². The SMILES string of the molecule is Cc1ccc(NC(=O)[C@H](Sc2ccc(NC(=S)Nc3ccccc3)cc2)c2ccccc2)c(C)c1. The van der Waals surface area contributed by atoms with E-state index in [1.54, 1.807) is 0 Å². The number of anilines is 3. The molecule has 3 N–H and O–H groups in total. The number of nitrogens with one attached hydrogen (secondary N) is 3. The van der Waals surface area contributed by atoms with Gasteiger partial charge in [-0.25, -0.2) is 0 Å². The highest BCUT2D eigenvalue weighted by atomic mass is 32.2. The van der Waals surface area contributed by atoms with E-state index in [1.807, 2.05) is 111 Å². The summed E-state index contributed by atoms with van der Waals surface area (Å²) >= 11 is 6.94. The summed E-state index contributed by atoms with van der Waals surface area (Å²) in [6.45, 7) is 4.06. The Bertz CT molecular complexity index is 1290. The summed E-state index contributed by atoms with van der Waals surface area (Å²) in [4.78, 5) is 14.4. The molecule has 4 aromatic carbocycles. The van der Waals surface area contributed by atoms with E-state index in [4.69, 9.17) is 12.2 Å². The fraction of sp³-hybridized carbons (Fsp3) is 0.103. The van der Waals surface area contributed by atoms with Crippen LogP contribution in [0.25, 0.3) is 0 Å². The largest absolute Gasteiger partial charge is 0.332 e. The second kappa shape index (κ2) is 11.7. The summed E-state index contributed by atoms with van der Waals surface area (Å²) in [5.74, 6) is -0.0522. The van der Waals surface area contributed by atoms with E-state index < -0.39 is 5.25 Å². The standard InChI is InChI=1S/C29H27N3OS2/c1-20-13-18-26(21(2)19-20)32-28(33)27(22-9-5-3-6-10-22)35-25-16-14-24(15-17-25)31-29(34)30-23-11-7-4-8-12-23/h3-19,27H,1-2H3,(H,32,33)(H2,30,31,34)/t27-/m1/s1. The first-order chi connectivity index (χ1) is 17.0. The van der Waals surface area contributed by atoms with Crippen LogP contribution in [0.2, 0.25) is 0 Å². The highest BCUT2D eigenvalue weighted by Crippen LogP contribution is 2.37. The molecule has 4 nitrogen and oxygen atoms in total. The summed E-state index contributed by atoms with van der Waals surface area (Å²) in [6, 6.07) is 33.6. The molecule has 0 aliphatic heterocycles. The van der Waals surface area contributed by atoms with Crippen molar-refractivity contribution in [2.24, 2.45) is 0 Å². The van der Waals surface area contributed by atoms with Gasteiger partial charge in [0.05, 0.1) is 0 Å². The summed E-state index contributed by atoms with van der Waals surface area (Å²) in [5.41, 5.74) is 5.81. The van der Waals surface area contributed by atoms with Crippen molar-refractivity contribution in [2.45, 2.75) is 24.0 Å². The first kappa shape index (κ1) is 24.5. The summed E-state index contributed by atoms with van der Waals surface area (Å²) in [5, 5.41) is 9.61. The lowest BCUT2D eigenvalue weighted by atomic mass is 10.1. The van der Waals surface area contributed by atoms with Crippen molar-refractivity contribution < 1.29 is 4.79 Å². The van der Waals surface area contributed by atoms with Gasteiger partial charge in [0.2, 0.25) is 5.91 Å². The molecule has 0 spiro atoms. The third kappa shape index (κ3) is 6.94. The van der Waals surface area contributed by atoms with Crippen LogP contribution in [0.4, 0.5) is 17.1 Å².